The summed E-state index contributed by atoms with van der Waals surface area (Å²) in [6.45, 7) is 3.82. The molecule has 0 aliphatic heterocycles. The predicted molar refractivity (Wildman–Crippen MR) is 64.1 cm³/mol. The van der Waals surface area contributed by atoms with Crippen LogP contribution in [0, 0.1) is 5.92 Å². The van der Waals surface area contributed by atoms with Crippen LogP contribution >= 0.6 is 0 Å². The number of hydrogen-bond donors (Lipinski definition) is 2. The van der Waals surface area contributed by atoms with Gasteiger partial charge in [0.15, 0.2) is 0 Å². The second-order valence-electron chi connectivity index (χ2n) is 3.85. The Morgan fingerprint density at radius 3 is 2.44 bits per heavy atom. The van der Waals surface area contributed by atoms with E-state index in [0.717, 1.165) is 0 Å². The topological polar surface area (TPSA) is 95.9 Å². The molecule has 0 saturated heterocycles. The molecule has 0 radical (unpaired) electrons. The van der Waals surface area contributed by atoms with Gasteiger partial charge in [0.05, 0.1) is 13.0 Å². The lowest BCUT2D eigenvalue weighted by Gasteiger charge is -2.20. The van der Waals surface area contributed by atoms with Gasteiger partial charge in [-0.15, -0.1) is 0 Å². The van der Waals surface area contributed by atoms with Gasteiger partial charge in [-0.25, -0.2) is 4.79 Å². The maximum Gasteiger partial charge on any atom is 0.325 e. The zero-order valence-corrected chi connectivity index (χ0v) is 10.9. The molecule has 0 saturated carbocycles. The molecule has 2 N–H and O–H groups in total. The number of likely N-dealkylation sites (N-methyl/N-ethyl adjacent to an activating group) is 1. The number of rotatable bonds is 7. The molecule has 0 aliphatic rings. The third-order valence-electron chi connectivity index (χ3n) is 2.49. The SMILES string of the molecule is CCN(CC(=O)OC)C(=O)NCCC(C)C(=O)O. The minimum Gasteiger partial charge on any atom is -0.481 e. The zero-order valence-electron chi connectivity index (χ0n) is 10.9. The maximum absolute atomic E-state index is 11.6. The van der Waals surface area contributed by atoms with E-state index < -0.39 is 23.9 Å². The summed E-state index contributed by atoms with van der Waals surface area (Å²) in [5, 5.41) is 11.2. The van der Waals surface area contributed by atoms with Crippen molar-refractivity contribution < 1.29 is 24.2 Å². The Balaban J connectivity index is 4.05. The van der Waals surface area contributed by atoms with Crippen LogP contribution in [-0.4, -0.2) is 54.7 Å². The Morgan fingerprint density at radius 1 is 1.39 bits per heavy atom. The van der Waals surface area contributed by atoms with Gasteiger partial charge in [0.2, 0.25) is 0 Å². The first kappa shape index (κ1) is 16.2. The lowest BCUT2D eigenvalue weighted by molar-refractivity contribution is -0.142. The Morgan fingerprint density at radius 2 is 2.00 bits per heavy atom. The average molecular weight is 260 g/mol. The number of amides is 2. The molecule has 7 nitrogen and oxygen atoms in total. The number of hydrogen-bond acceptors (Lipinski definition) is 4. The average Bonchev–Trinajstić information content (AvgIpc) is 2.34. The fourth-order valence-electron chi connectivity index (χ4n) is 1.18. The monoisotopic (exact) mass is 260 g/mol. The molecule has 0 aromatic heterocycles. The van der Waals surface area contributed by atoms with Crippen molar-refractivity contribution in [3.05, 3.63) is 0 Å². The number of carbonyl (C=O) groups excluding carboxylic acids is 2. The van der Waals surface area contributed by atoms with E-state index in [1.165, 1.54) is 12.0 Å². The van der Waals surface area contributed by atoms with Gasteiger partial charge in [0.1, 0.15) is 6.54 Å². The number of esters is 1. The fraction of sp³-hybridized carbons (Fsp3) is 0.727. The van der Waals surface area contributed by atoms with Crippen molar-refractivity contribution in [1.29, 1.82) is 0 Å². The van der Waals surface area contributed by atoms with Crippen molar-refractivity contribution in [2.45, 2.75) is 20.3 Å². The normalized spacial score (nSPS) is 11.5. The minimum absolute atomic E-state index is 0.118. The molecule has 0 spiro atoms. The van der Waals surface area contributed by atoms with Crippen LogP contribution in [0.25, 0.3) is 0 Å². The van der Waals surface area contributed by atoms with Crippen LogP contribution in [0.4, 0.5) is 4.79 Å². The number of ether oxygens (including phenoxy) is 1. The van der Waals surface area contributed by atoms with Gasteiger partial charge in [-0.2, -0.15) is 0 Å². The van der Waals surface area contributed by atoms with Gasteiger partial charge >= 0.3 is 18.0 Å². The lowest BCUT2D eigenvalue weighted by atomic mass is 10.1. The molecular weight excluding hydrogens is 240 g/mol. The van der Waals surface area contributed by atoms with E-state index in [1.807, 2.05) is 0 Å². The van der Waals surface area contributed by atoms with Crippen molar-refractivity contribution in [2.24, 2.45) is 5.92 Å². The smallest absolute Gasteiger partial charge is 0.325 e. The summed E-state index contributed by atoms with van der Waals surface area (Å²) in [6.07, 6.45) is 0.344. The Kier molecular flexibility index (Phi) is 7.50. The van der Waals surface area contributed by atoms with Crippen LogP contribution in [0.1, 0.15) is 20.3 Å². The Bertz CT molecular complexity index is 306. The molecule has 0 aromatic carbocycles. The van der Waals surface area contributed by atoms with Crippen LogP contribution in [0.5, 0.6) is 0 Å². The van der Waals surface area contributed by atoms with Crippen LogP contribution < -0.4 is 5.32 Å². The van der Waals surface area contributed by atoms with Gasteiger partial charge in [-0.3, -0.25) is 9.59 Å². The second kappa shape index (κ2) is 8.32. The van der Waals surface area contributed by atoms with Crippen molar-refractivity contribution in [1.82, 2.24) is 10.2 Å². The fourth-order valence-corrected chi connectivity index (χ4v) is 1.18. The van der Waals surface area contributed by atoms with Crippen molar-refractivity contribution in [3.8, 4) is 0 Å². The third-order valence-corrected chi connectivity index (χ3v) is 2.49. The zero-order chi connectivity index (χ0) is 14.1. The van der Waals surface area contributed by atoms with E-state index in [9.17, 15) is 14.4 Å². The van der Waals surface area contributed by atoms with E-state index in [2.05, 4.69) is 10.1 Å². The van der Waals surface area contributed by atoms with Gasteiger partial charge in [-0.1, -0.05) is 6.92 Å². The van der Waals surface area contributed by atoms with E-state index in [1.54, 1.807) is 13.8 Å². The number of carboxylic acid groups (broad SMARTS) is 1. The van der Waals surface area contributed by atoms with Gasteiger partial charge in [0, 0.05) is 13.1 Å². The summed E-state index contributed by atoms with van der Waals surface area (Å²) in [5.41, 5.74) is 0. The first-order chi connectivity index (χ1) is 8.42. The highest BCUT2D eigenvalue weighted by atomic mass is 16.5. The number of nitrogens with one attached hydrogen (secondary N) is 1. The van der Waals surface area contributed by atoms with Gasteiger partial charge < -0.3 is 20.1 Å². The molecule has 0 rings (SSSR count). The molecule has 7 heteroatoms. The van der Waals surface area contributed by atoms with Crippen molar-refractivity contribution in [2.75, 3.05) is 26.7 Å². The van der Waals surface area contributed by atoms with Gasteiger partial charge in [0.25, 0.3) is 0 Å². The molecule has 1 atom stereocenters. The van der Waals surface area contributed by atoms with Crippen LogP contribution in [0.15, 0.2) is 0 Å². The molecule has 1 unspecified atom stereocenters. The van der Waals surface area contributed by atoms with E-state index in [0.29, 0.717) is 13.0 Å². The van der Waals surface area contributed by atoms with Gasteiger partial charge in [-0.05, 0) is 13.3 Å². The molecule has 0 aromatic rings. The second-order valence-corrected chi connectivity index (χ2v) is 3.85. The Hall–Kier alpha value is -1.79. The highest BCUT2D eigenvalue weighted by Crippen LogP contribution is 2.00. The van der Waals surface area contributed by atoms with Crippen LogP contribution in [0.3, 0.4) is 0 Å². The van der Waals surface area contributed by atoms with Crippen LogP contribution in [0.2, 0.25) is 0 Å². The lowest BCUT2D eigenvalue weighted by Crippen LogP contribution is -2.43. The maximum atomic E-state index is 11.6. The van der Waals surface area contributed by atoms with Crippen molar-refractivity contribution in [3.63, 3.8) is 0 Å². The summed E-state index contributed by atoms with van der Waals surface area (Å²) < 4.78 is 4.47. The first-order valence-corrected chi connectivity index (χ1v) is 5.74. The first-order valence-electron chi connectivity index (χ1n) is 5.74. The number of nitrogens with zero attached hydrogens (tertiary/aromatic N) is 1. The summed E-state index contributed by atoms with van der Waals surface area (Å²) in [4.78, 5) is 34.5. The highest BCUT2D eigenvalue weighted by molar-refractivity contribution is 5.80. The molecule has 0 heterocycles. The summed E-state index contributed by atoms with van der Waals surface area (Å²) in [6, 6.07) is -0.402. The van der Waals surface area contributed by atoms with E-state index in [4.69, 9.17) is 5.11 Å². The third kappa shape index (κ3) is 6.07. The number of methoxy groups -OCH3 is 1. The molecule has 18 heavy (non-hydrogen) atoms. The number of urea groups is 1. The van der Waals surface area contributed by atoms with E-state index in [-0.39, 0.29) is 13.1 Å². The van der Waals surface area contributed by atoms with E-state index >= 15 is 0 Å². The number of aliphatic carboxylic acids is 1. The quantitative estimate of drug-likeness (QED) is 0.642. The van der Waals surface area contributed by atoms with Crippen LogP contribution in [-0.2, 0) is 14.3 Å². The number of carboxylic acids is 1. The predicted octanol–water partition coefficient (Wildman–Crippen LogP) is 0.302. The summed E-state index contributed by atoms with van der Waals surface area (Å²) in [7, 11) is 1.25. The molecule has 0 bridgehead atoms. The molecule has 0 aliphatic carbocycles. The number of carbonyl (C=O) groups is 3. The molecule has 2 amide bonds. The molecular formula is C11H20N2O5. The molecule has 104 valence electrons. The molecule has 0 fully saturated rings. The minimum atomic E-state index is -0.897. The summed E-state index contributed by atoms with van der Waals surface area (Å²) in [5.74, 6) is -1.90. The Labute approximate surface area is 106 Å². The highest BCUT2D eigenvalue weighted by Gasteiger charge is 2.16. The summed E-state index contributed by atoms with van der Waals surface area (Å²) >= 11 is 0. The largest absolute Gasteiger partial charge is 0.481 e. The standard InChI is InChI=1S/C11H20N2O5/c1-4-13(7-9(14)18-3)11(17)12-6-5-8(2)10(15)16/h8H,4-7H2,1-3H3,(H,12,17)(H,15,16). The van der Waals surface area contributed by atoms with Crippen molar-refractivity contribution >= 4 is 18.0 Å².